The number of carboxylic acid groups (broad SMARTS) is 1. The Morgan fingerprint density at radius 2 is 1.92 bits per heavy atom. The van der Waals surface area contributed by atoms with Crippen molar-refractivity contribution < 1.29 is 55.6 Å². The number of amides is 2. The molecule has 0 saturated carbocycles. The first-order valence-electron chi connectivity index (χ1n) is 7.71. The Kier molecular flexibility index (Phi) is 5.99. The smallest absolute Gasteiger partial charge is 1.00 e. The van der Waals surface area contributed by atoms with E-state index in [0.29, 0.717) is 5.56 Å². The maximum Gasteiger partial charge on any atom is 1.00 e. The molecule has 4 atom stereocenters. The third-order valence-corrected chi connectivity index (χ3v) is 6.08. The number of phenols is 1. The summed E-state index contributed by atoms with van der Waals surface area (Å²) in [4.78, 5) is 37.5. The minimum absolute atomic E-state index is 0. The van der Waals surface area contributed by atoms with Crippen molar-refractivity contribution >= 4 is 29.5 Å². The maximum absolute atomic E-state index is 12.3. The summed E-state index contributed by atoms with van der Waals surface area (Å²) in [5.41, 5.74) is 6.41. The molecule has 2 fully saturated rings. The van der Waals surface area contributed by atoms with Crippen LogP contribution in [0.3, 0.4) is 0 Å². The summed E-state index contributed by atoms with van der Waals surface area (Å²) in [5.74, 6) is -1.94. The van der Waals surface area contributed by atoms with E-state index in [2.05, 4.69) is 5.32 Å². The molecule has 2 aliphatic rings. The molecule has 0 aromatic heterocycles. The van der Waals surface area contributed by atoms with E-state index in [9.17, 15) is 24.6 Å². The Labute approximate surface area is 178 Å². The van der Waals surface area contributed by atoms with Crippen LogP contribution in [0.15, 0.2) is 24.3 Å². The van der Waals surface area contributed by atoms with E-state index in [4.69, 9.17) is 5.73 Å². The van der Waals surface area contributed by atoms with Gasteiger partial charge in [0.15, 0.2) is 0 Å². The molecule has 0 bridgehead atoms. The molecule has 136 valence electrons. The summed E-state index contributed by atoms with van der Waals surface area (Å²) in [6.45, 7) is 3.53. The molecular weight excluding hydrogens is 369 g/mol. The number of hydrogen-bond acceptors (Lipinski definition) is 6. The summed E-state index contributed by atoms with van der Waals surface area (Å²) in [7, 11) is 0. The fourth-order valence-corrected chi connectivity index (χ4v) is 4.85. The molecule has 2 heterocycles. The van der Waals surface area contributed by atoms with Gasteiger partial charge in [0.25, 0.3) is 0 Å². The third kappa shape index (κ3) is 3.46. The largest absolute Gasteiger partial charge is 1.00 e. The summed E-state index contributed by atoms with van der Waals surface area (Å²) in [6.07, 6.45) is 0. The number of phenolic OH excluding ortho intramolecular Hbond substituents is 1. The number of rotatable bonds is 4. The molecule has 0 spiro atoms. The van der Waals surface area contributed by atoms with Gasteiger partial charge >= 0.3 is 35.5 Å². The maximum atomic E-state index is 12.3. The average molecular weight is 389 g/mol. The number of aromatic hydroxyl groups is 1. The molecule has 5 N–H and O–H groups in total. The Morgan fingerprint density at radius 1 is 1.35 bits per heavy atom. The second-order valence-electron chi connectivity index (χ2n) is 6.65. The van der Waals surface area contributed by atoms with Crippen LogP contribution in [0.1, 0.15) is 26.9 Å². The van der Waals surface area contributed by atoms with Gasteiger partial charge in [-0.15, -0.1) is 11.8 Å². The van der Waals surface area contributed by atoms with Crippen molar-refractivity contribution in [2.24, 2.45) is 5.73 Å². The number of benzene rings is 1. The van der Waals surface area contributed by atoms with E-state index >= 15 is 0 Å². The zero-order chi connectivity index (χ0) is 18.5. The molecule has 0 aliphatic carbocycles. The molecule has 2 amide bonds. The molecule has 1 aromatic rings. The molecule has 1 unspecified atom stereocenters. The fraction of sp³-hybridized carbons (Fsp3) is 0.438. The first-order chi connectivity index (χ1) is 11.6. The molecule has 2 saturated heterocycles. The summed E-state index contributed by atoms with van der Waals surface area (Å²) < 4.78 is -0.648. The van der Waals surface area contributed by atoms with Crippen LogP contribution >= 0.6 is 11.8 Å². The van der Waals surface area contributed by atoms with Crippen molar-refractivity contribution in [3.05, 3.63) is 29.8 Å². The van der Waals surface area contributed by atoms with Crippen LogP contribution in [0.4, 0.5) is 0 Å². The van der Waals surface area contributed by atoms with Gasteiger partial charge in [-0.05, 0) is 31.5 Å². The second kappa shape index (κ2) is 7.40. The molecule has 2 aliphatic heterocycles. The predicted octanol–water partition coefficient (Wildman–Crippen LogP) is -2.86. The Bertz CT molecular complexity index is 748. The monoisotopic (exact) mass is 389 g/mol. The van der Waals surface area contributed by atoms with Crippen LogP contribution in [-0.2, 0) is 14.4 Å². The van der Waals surface area contributed by atoms with E-state index in [1.54, 1.807) is 13.8 Å². The number of carboxylic acids is 1. The minimum Gasteiger partial charge on any atom is -1.00 e. The summed E-state index contributed by atoms with van der Waals surface area (Å²) >= 11 is 1.35. The summed E-state index contributed by atoms with van der Waals surface area (Å²) in [6, 6.07) is 3.21. The van der Waals surface area contributed by atoms with Gasteiger partial charge in [0.1, 0.15) is 29.2 Å². The average Bonchev–Trinajstić information content (AvgIpc) is 2.80. The minimum atomic E-state index is -1.06. The van der Waals surface area contributed by atoms with Gasteiger partial charge in [0.05, 0.1) is 0 Å². The van der Waals surface area contributed by atoms with Gasteiger partial charge in [-0.3, -0.25) is 9.59 Å². The van der Waals surface area contributed by atoms with Crippen LogP contribution in [0.2, 0.25) is 0 Å². The number of fused-ring (bicyclic) bond motifs is 1. The van der Waals surface area contributed by atoms with Crippen molar-refractivity contribution in [2.45, 2.75) is 42.1 Å². The molecule has 8 nitrogen and oxygen atoms in total. The first kappa shape index (κ1) is 21.0. The van der Waals surface area contributed by atoms with Crippen molar-refractivity contribution in [3.8, 4) is 5.75 Å². The van der Waals surface area contributed by atoms with Crippen molar-refractivity contribution in [1.82, 2.24) is 10.2 Å². The molecular formula is C16H20N3NaO5S. The molecule has 26 heavy (non-hydrogen) atoms. The number of carbonyl (C=O) groups is 3. The third-order valence-electron chi connectivity index (χ3n) is 4.51. The number of carbonyl (C=O) groups excluding carboxylic acids is 2. The number of hydrogen-bond donors (Lipinski definition) is 4. The van der Waals surface area contributed by atoms with Gasteiger partial charge in [-0.2, -0.15) is 0 Å². The van der Waals surface area contributed by atoms with E-state index in [1.807, 2.05) is 0 Å². The van der Waals surface area contributed by atoms with Crippen molar-refractivity contribution in [2.75, 3.05) is 0 Å². The topological polar surface area (TPSA) is 133 Å². The van der Waals surface area contributed by atoms with Gasteiger partial charge < -0.3 is 27.6 Å². The number of aliphatic carboxylic acids is 1. The fourth-order valence-electron chi connectivity index (χ4n) is 3.22. The zero-order valence-corrected chi connectivity index (χ0v) is 17.5. The Balaban J connectivity index is 0.00000182. The van der Waals surface area contributed by atoms with E-state index in [-0.39, 0.29) is 36.7 Å². The number of nitrogens with two attached hydrogens (primary N) is 1. The predicted molar refractivity (Wildman–Crippen MR) is 91.8 cm³/mol. The van der Waals surface area contributed by atoms with Crippen LogP contribution in [0.5, 0.6) is 5.75 Å². The molecule has 0 radical (unpaired) electrons. The SMILES string of the molecule is CC1(C)S[C@@H]2[C@H](NC(=O)C(N)c3ccc(O)cc3)C(=O)N2[C@H]1C(=O)O.[H-].[Na+]. The van der Waals surface area contributed by atoms with E-state index in [0.717, 1.165) is 0 Å². The second-order valence-corrected chi connectivity index (χ2v) is 8.42. The van der Waals surface area contributed by atoms with Gasteiger partial charge in [0.2, 0.25) is 11.8 Å². The standard InChI is InChI=1S/C16H19N3O5S.Na.H/c1-16(2)11(15(23)24)19-13(22)10(14(19)25-16)18-12(21)9(17)7-3-5-8(20)6-4-7;;/h3-6,9-11,14,20H,17H2,1-2H3,(H,18,21)(H,23,24);;/q;+1;-1/t9?,10-,11+,14-;;/m1../s1. The van der Waals surface area contributed by atoms with Crippen LogP contribution in [0, 0.1) is 0 Å². The number of nitrogens with one attached hydrogen (secondary N) is 1. The van der Waals surface area contributed by atoms with Gasteiger partial charge in [-0.1, -0.05) is 12.1 Å². The van der Waals surface area contributed by atoms with E-state index < -0.39 is 46.0 Å². The van der Waals surface area contributed by atoms with Crippen LogP contribution in [-0.4, -0.2) is 55.1 Å². The molecule has 1 aromatic carbocycles. The van der Waals surface area contributed by atoms with Gasteiger partial charge in [-0.25, -0.2) is 4.79 Å². The van der Waals surface area contributed by atoms with Crippen molar-refractivity contribution in [3.63, 3.8) is 0 Å². The Hall–Kier alpha value is -1.26. The molecule has 10 heteroatoms. The zero-order valence-electron chi connectivity index (χ0n) is 15.7. The van der Waals surface area contributed by atoms with E-state index in [1.165, 1.54) is 40.9 Å². The van der Waals surface area contributed by atoms with Gasteiger partial charge in [0, 0.05) is 4.75 Å². The first-order valence-corrected chi connectivity index (χ1v) is 8.59. The van der Waals surface area contributed by atoms with Crippen LogP contribution in [0.25, 0.3) is 0 Å². The number of nitrogens with zero attached hydrogens (tertiary/aromatic N) is 1. The Morgan fingerprint density at radius 3 is 2.46 bits per heavy atom. The number of thioether (sulfide) groups is 1. The molecule has 3 rings (SSSR count). The van der Waals surface area contributed by atoms with Crippen molar-refractivity contribution in [1.29, 1.82) is 0 Å². The quantitative estimate of drug-likeness (QED) is 0.322. The summed E-state index contributed by atoms with van der Waals surface area (Å²) in [5, 5.41) is 20.9. The number of β-lactam (4-membered cyclic amide) rings is 1. The normalized spacial score (nSPS) is 27.0. The van der Waals surface area contributed by atoms with Crippen LogP contribution < -0.4 is 40.6 Å².